The van der Waals surface area contributed by atoms with Crippen LogP contribution in [0.5, 0.6) is 0 Å². The number of hydrogen-bond donors (Lipinski definition) is 0. The molecule has 0 aliphatic heterocycles. The predicted molar refractivity (Wildman–Crippen MR) is 41.1 cm³/mol. The lowest BCUT2D eigenvalue weighted by molar-refractivity contribution is 0.806. The van der Waals surface area contributed by atoms with Crippen molar-refractivity contribution in [1.82, 2.24) is 0 Å². The minimum absolute atomic E-state index is 0.420. The van der Waals surface area contributed by atoms with Gasteiger partial charge < -0.3 is 0 Å². The van der Waals surface area contributed by atoms with Gasteiger partial charge in [-0.15, -0.1) is 11.8 Å². The van der Waals surface area contributed by atoms with Crippen LogP contribution in [0.2, 0.25) is 0 Å². The largest absolute Gasteiger partial charge is 0.144 e. The first-order valence-corrected chi connectivity index (χ1v) is 4.37. The van der Waals surface area contributed by atoms with Crippen molar-refractivity contribution in [3.63, 3.8) is 0 Å². The Morgan fingerprint density at radius 1 is 1.43 bits per heavy atom. The summed E-state index contributed by atoms with van der Waals surface area (Å²) in [6, 6.07) is 0. The molecule has 0 amide bonds. The van der Waals surface area contributed by atoms with E-state index < -0.39 is 0 Å². The lowest BCUT2D eigenvalue weighted by Gasteiger charge is -2.14. The van der Waals surface area contributed by atoms with E-state index in [9.17, 15) is 0 Å². The van der Waals surface area contributed by atoms with Crippen LogP contribution in [0, 0.1) is 0 Å². The summed E-state index contributed by atoms with van der Waals surface area (Å²) < 4.78 is 1.46. The maximum absolute atomic E-state index is 3.35. The molecule has 0 fully saturated rings. The summed E-state index contributed by atoms with van der Waals surface area (Å²) in [5.41, 5.74) is 0. The van der Waals surface area contributed by atoms with Gasteiger partial charge in [0.25, 0.3) is 0 Å². The van der Waals surface area contributed by atoms with Crippen molar-refractivity contribution in [3.05, 3.63) is 0 Å². The van der Waals surface area contributed by atoms with E-state index in [0.29, 0.717) is 4.75 Å². The summed E-state index contributed by atoms with van der Waals surface area (Å²) in [6.45, 7) is 6.62. The highest BCUT2D eigenvalue weighted by Crippen LogP contribution is 2.23. The van der Waals surface area contributed by atoms with Gasteiger partial charge in [0.2, 0.25) is 0 Å². The Bertz CT molecular complexity index is 46.5. The molecule has 0 aromatic heterocycles. The number of halogens is 1. The molecule has 0 nitrogen and oxygen atoms in total. The van der Waals surface area contributed by atoms with Crippen LogP contribution in [0.1, 0.15) is 20.8 Å². The molecule has 0 aromatic carbocycles. The minimum Gasteiger partial charge on any atom is -0.144 e. The molecule has 0 heterocycles. The van der Waals surface area contributed by atoms with Gasteiger partial charge in [0.1, 0.15) is 0 Å². The normalized spacial score (nSPS) is 12.0. The molecule has 44 valence electrons. The van der Waals surface area contributed by atoms with Crippen LogP contribution in [0.4, 0.5) is 0 Å². The Kier molecular flexibility index (Phi) is 3.33. The highest BCUT2D eigenvalue weighted by molar-refractivity contribution is 9.11. The first-order chi connectivity index (χ1) is 3.06. The molecular weight excluding hydrogens is 172 g/mol. The second kappa shape index (κ2) is 2.98. The van der Waals surface area contributed by atoms with Gasteiger partial charge in [0.05, 0.1) is 0 Å². The molecule has 7 heavy (non-hydrogen) atoms. The van der Waals surface area contributed by atoms with Crippen LogP contribution in [0.25, 0.3) is 0 Å². The average molecular weight is 183 g/mol. The van der Waals surface area contributed by atoms with E-state index in [4.69, 9.17) is 0 Å². The lowest BCUT2D eigenvalue weighted by Crippen LogP contribution is -2.06. The van der Waals surface area contributed by atoms with E-state index in [2.05, 4.69) is 36.7 Å². The summed E-state index contributed by atoms with van der Waals surface area (Å²) in [5, 5.41) is 0. The monoisotopic (exact) mass is 182 g/mol. The molecule has 0 saturated heterocycles. The van der Waals surface area contributed by atoms with Crippen molar-refractivity contribution in [1.29, 1.82) is 0 Å². The second-order valence-corrected chi connectivity index (χ2v) is 5.47. The van der Waals surface area contributed by atoms with Crippen molar-refractivity contribution in [2.75, 3.05) is 4.66 Å². The predicted octanol–water partition coefficient (Wildman–Crippen LogP) is 2.87. The van der Waals surface area contributed by atoms with E-state index in [1.54, 1.807) is 0 Å². The smallest absolute Gasteiger partial charge is 0.0495 e. The van der Waals surface area contributed by atoms with Crippen LogP contribution < -0.4 is 0 Å². The van der Waals surface area contributed by atoms with Crippen LogP contribution in [-0.4, -0.2) is 9.41 Å². The molecule has 0 N–H and O–H groups in total. The van der Waals surface area contributed by atoms with Crippen LogP contribution >= 0.6 is 27.7 Å². The molecule has 0 atom stereocenters. The van der Waals surface area contributed by atoms with Gasteiger partial charge in [-0.2, -0.15) is 0 Å². The average Bonchev–Trinajstić information content (AvgIpc) is 1.30. The summed E-state index contributed by atoms with van der Waals surface area (Å²) in [4.78, 5) is 0. The zero-order valence-electron chi connectivity index (χ0n) is 4.99. The number of alkyl halides is 1. The van der Waals surface area contributed by atoms with Gasteiger partial charge in [0.15, 0.2) is 0 Å². The third-order valence-corrected chi connectivity index (χ3v) is 2.15. The fraction of sp³-hybridized carbons (Fsp3) is 1.00. The summed E-state index contributed by atoms with van der Waals surface area (Å²) in [6.07, 6.45) is 0. The summed E-state index contributed by atoms with van der Waals surface area (Å²) >= 11 is 5.25. The van der Waals surface area contributed by atoms with E-state index >= 15 is 0 Å². The van der Waals surface area contributed by atoms with E-state index in [1.807, 2.05) is 11.8 Å². The molecule has 0 radical (unpaired) electrons. The number of thioether (sulfide) groups is 1. The van der Waals surface area contributed by atoms with Gasteiger partial charge >= 0.3 is 0 Å². The van der Waals surface area contributed by atoms with Gasteiger partial charge in [-0.25, -0.2) is 0 Å². The lowest BCUT2D eigenvalue weighted by atomic mass is 10.3. The summed E-state index contributed by atoms with van der Waals surface area (Å²) in [5.74, 6) is 0. The van der Waals surface area contributed by atoms with Crippen LogP contribution in [-0.2, 0) is 0 Å². The van der Waals surface area contributed by atoms with E-state index in [-0.39, 0.29) is 0 Å². The highest BCUT2D eigenvalue weighted by atomic mass is 79.9. The Balaban J connectivity index is 3.15. The van der Waals surface area contributed by atoms with Gasteiger partial charge in [0, 0.05) is 9.41 Å². The van der Waals surface area contributed by atoms with E-state index in [0.717, 1.165) is 4.66 Å². The van der Waals surface area contributed by atoms with Gasteiger partial charge in [-0.3, -0.25) is 0 Å². The molecule has 0 spiro atoms. The van der Waals surface area contributed by atoms with Crippen LogP contribution in [0.3, 0.4) is 0 Å². The topological polar surface area (TPSA) is 0 Å². The standard InChI is InChI=1S/C5H11BrS/c1-5(2,3)7-4-6/h4H2,1-3H3. The van der Waals surface area contributed by atoms with Crippen molar-refractivity contribution in [3.8, 4) is 0 Å². The van der Waals surface area contributed by atoms with Gasteiger partial charge in [-0.1, -0.05) is 36.7 Å². The molecule has 0 unspecified atom stereocenters. The van der Waals surface area contributed by atoms with Gasteiger partial charge in [-0.05, 0) is 0 Å². The molecule has 0 aliphatic carbocycles. The fourth-order valence-corrected chi connectivity index (χ4v) is 2.55. The van der Waals surface area contributed by atoms with Crippen LogP contribution in [0.15, 0.2) is 0 Å². The zero-order valence-corrected chi connectivity index (χ0v) is 7.40. The first kappa shape index (κ1) is 7.83. The van der Waals surface area contributed by atoms with E-state index in [1.165, 1.54) is 0 Å². The first-order valence-electron chi connectivity index (χ1n) is 2.26. The third-order valence-electron chi connectivity index (χ3n) is 0.488. The Hall–Kier alpha value is 0.830. The third kappa shape index (κ3) is 6.83. The van der Waals surface area contributed by atoms with Crippen molar-refractivity contribution >= 4 is 27.7 Å². The van der Waals surface area contributed by atoms with Crippen molar-refractivity contribution in [2.24, 2.45) is 0 Å². The quantitative estimate of drug-likeness (QED) is 0.563. The van der Waals surface area contributed by atoms with Crippen molar-refractivity contribution in [2.45, 2.75) is 25.5 Å². The maximum atomic E-state index is 3.35. The SMILES string of the molecule is CC(C)(C)SCBr. The second-order valence-electron chi connectivity index (χ2n) is 2.37. The Morgan fingerprint density at radius 3 is 1.86 bits per heavy atom. The molecule has 0 bridgehead atoms. The molecule has 2 heteroatoms. The molecule has 0 saturated carbocycles. The fourth-order valence-electron chi connectivity index (χ4n) is 0.164. The molecule has 0 rings (SSSR count). The summed E-state index contributed by atoms with van der Waals surface area (Å²) in [7, 11) is 0. The minimum atomic E-state index is 0.420. The van der Waals surface area contributed by atoms with Crippen molar-refractivity contribution < 1.29 is 0 Å². The molecule has 0 aromatic rings. The Morgan fingerprint density at radius 2 is 1.86 bits per heavy atom. The molecule has 0 aliphatic rings. The zero-order chi connectivity index (χ0) is 5.91. The maximum Gasteiger partial charge on any atom is 0.0495 e. The number of rotatable bonds is 1. The highest BCUT2D eigenvalue weighted by Gasteiger charge is 2.07. The number of hydrogen-bond acceptors (Lipinski definition) is 1. The Labute approximate surface area is 58.2 Å². The molecular formula is C5H11BrS.